The van der Waals surface area contributed by atoms with Crippen LogP contribution in [0.4, 0.5) is 5.69 Å². The Hall–Kier alpha value is -2.33. The summed E-state index contributed by atoms with van der Waals surface area (Å²) in [5.74, 6) is 0.797. The highest BCUT2D eigenvalue weighted by molar-refractivity contribution is 14.0. The van der Waals surface area contributed by atoms with Crippen LogP contribution in [-0.2, 0) is 13.0 Å². The molecule has 0 bridgehead atoms. The molecule has 0 aliphatic heterocycles. The predicted molar refractivity (Wildman–Crippen MR) is 129 cm³/mol. The van der Waals surface area contributed by atoms with Gasteiger partial charge in [0, 0.05) is 23.7 Å². The minimum absolute atomic E-state index is 0. The molecule has 0 aliphatic rings. The van der Waals surface area contributed by atoms with Gasteiger partial charge in [-0.25, -0.2) is 4.99 Å². The van der Waals surface area contributed by atoms with Crippen molar-refractivity contribution in [3.05, 3.63) is 76.4 Å². The number of furan rings is 1. The summed E-state index contributed by atoms with van der Waals surface area (Å²) < 4.78 is 5.12. The number of benzene rings is 1. The highest BCUT2D eigenvalue weighted by atomic mass is 127. The molecule has 8 heteroatoms. The fraction of sp³-hybridized carbons (Fsp3) is 0.238. The van der Waals surface area contributed by atoms with Crippen molar-refractivity contribution < 1.29 is 9.21 Å². The molecule has 0 aliphatic carbocycles. The Morgan fingerprint density at radius 2 is 2.03 bits per heavy atom. The van der Waals surface area contributed by atoms with Crippen LogP contribution in [-0.4, -0.2) is 25.0 Å². The quantitative estimate of drug-likeness (QED) is 0.230. The summed E-state index contributed by atoms with van der Waals surface area (Å²) in [6.45, 7) is 4.18. The van der Waals surface area contributed by atoms with E-state index in [4.69, 9.17) is 4.42 Å². The first kappa shape index (κ1) is 23.0. The van der Waals surface area contributed by atoms with E-state index in [0.29, 0.717) is 12.2 Å². The molecule has 29 heavy (non-hydrogen) atoms. The molecular weight excluding hydrogens is 499 g/mol. The van der Waals surface area contributed by atoms with Crippen LogP contribution in [0.2, 0.25) is 0 Å². The summed E-state index contributed by atoms with van der Waals surface area (Å²) in [5, 5.41) is 11.5. The van der Waals surface area contributed by atoms with Gasteiger partial charge in [-0.05, 0) is 54.6 Å². The number of nitrogens with one attached hydrogen (secondary N) is 3. The van der Waals surface area contributed by atoms with E-state index >= 15 is 0 Å². The summed E-state index contributed by atoms with van der Waals surface area (Å²) in [5.41, 5.74) is 1.72. The number of aliphatic imine (C=N–C) groups is 1. The molecule has 154 valence electrons. The number of carbonyl (C=O) groups is 1. The normalized spacial score (nSPS) is 10.9. The molecule has 0 fully saturated rings. The van der Waals surface area contributed by atoms with Gasteiger partial charge in [-0.3, -0.25) is 4.79 Å². The molecule has 1 aromatic carbocycles. The van der Waals surface area contributed by atoms with Crippen molar-refractivity contribution >= 4 is 52.9 Å². The number of thiophene rings is 1. The molecule has 6 nitrogen and oxygen atoms in total. The van der Waals surface area contributed by atoms with Crippen LogP contribution in [0.15, 0.2) is 69.6 Å². The Morgan fingerprint density at radius 1 is 1.14 bits per heavy atom. The summed E-state index contributed by atoms with van der Waals surface area (Å²) in [4.78, 5) is 18.1. The smallest absolute Gasteiger partial charge is 0.291 e. The zero-order valence-corrected chi connectivity index (χ0v) is 19.3. The van der Waals surface area contributed by atoms with Gasteiger partial charge in [0.1, 0.15) is 0 Å². The van der Waals surface area contributed by atoms with E-state index in [1.54, 1.807) is 23.5 Å². The third-order valence-corrected chi connectivity index (χ3v) is 4.87. The van der Waals surface area contributed by atoms with Crippen LogP contribution in [0, 0.1) is 0 Å². The lowest BCUT2D eigenvalue weighted by Crippen LogP contribution is -2.38. The summed E-state index contributed by atoms with van der Waals surface area (Å²) in [6, 6.07) is 15.2. The summed E-state index contributed by atoms with van der Waals surface area (Å²) in [7, 11) is 0. The lowest BCUT2D eigenvalue weighted by Gasteiger charge is -2.11. The predicted octanol–water partition coefficient (Wildman–Crippen LogP) is 4.51. The highest BCUT2D eigenvalue weighted by Crippen LogP contribution is 2.13. The lowest BCUT2D eigenvalue weighted by atomic mass is 10.2. The summed E-state index contributed by atoms with van der Waals surface area (Å²) in [6.07, 6.45) is 2.45. The average molecular weight is 524 g/mol. The van der Waals surface area contributed by atoms with Crippen molar-refractivity contribution in [1.29, 1.82) is 0 Å². The second kappa shape index (κ2) is 12.3. The largest absolute Gasteiger partial charge is 0.459 e. The number of carbonyl (C=O) groups excluding carboxylic acids is 1. The van der Waals surface area contributed by atoms with E-state index in [-0.39, 0.29) is 35.6 Å². The maximum atomic E-state index is 12.1. The van der Waals surface area contributed by atoms with Crippen LogP contribution in [0.25, 0.3) is 0 Å². The molecule has 2 aromatic heterocycles. The number of anilines is 1. The van der Waals surface area contributed by atoms with E-state index in [1.807, 2.05) is 31.2 Å². The van der Waals surface area contributed by atoms with Gasteiger partial charge >= 0.3 is 0 Å². The minimum Gasteiger partial charge on any atom is -0.459 e. The molecule has 2 heterocycles. The molecule has 0 atom stereocenters. The van der Waals surface area contributed by atoms with Gasteiger partial charge in [0.05, 0.1) is 12.8 Å². The van der Waals surface area contributed by atoms with E-state index in [1.165, 1.54) is 11.1 Å². The Kier molecular flexibility index (Phi) is 9.72. The first-order valence-electron chi connectivity index (χ1n) is 9.23. The topological polar surface area (TPSA) is 78.7 Å². The first-order valence-corrected chi connectivity index (χ1v) is 10.1. The molecule has 0 saturated heterocycles. The maximum absolute atomic E-state index is 12.1. The van der Waals surface area contributed by atoms with Crippen molar-refractivity contribution in [3.8, 4) is 0 Å². The number of hydrogen-bond donors (Lipinski definition) is 3. The summed E-state index contributed by atoms with van der Waals surface area (Å²) >= 11 is 1.76. The van der Waals surface area contributed by atoms with Crippen LogP contribution >= 0.6 is 35.3 Å². The van der Waals surface area contributed by atoms with Crippen LogP contribution in [0.3, 0.4) is 0 Å². The molecular formula is C21H25IN4O2S. The zero-order chi connectivity index (χ0) is 19.6. The van der Waals surface area contributed by atoms with E-state index in [2.05, 4.69) is 38.5 Å². The van der Waals surface area contributed by atoms with Gasteiger partial charge < -0.3 is 20.4 Å². The van der Waals surface area contributed by atoms with Crippen molar-refractivity contribution in [2.24, 2.45) is 4.99 Å². The highest BCUT2D eigenvalue weighted by Gasteiger charge is 2.08. The molecule has 1 amide bonds. The van der Waals surface area contributed by atoms with Gasteiger partial charge in [0.15, 0.2) is 11.7 Å². The minimum atomic E-state index is -0.269. The average Bonchev–Trinajstić information content (AvgIpc) is 3.40. The number of rotatable bonds is 8. The fourth-order valence-electron chi connectivity index (χ4n) is 2.62. The first-order chi connectivity index (χ1) is 13.7. The number of guanidine groups is 1. The molecule has 0 radical (unpaired) electrons. The number of hydrogen-bond acceptors (Lipinski definition) is 4. The number of amides is 1. The lowest BCUT2D eigenvalue weighted by molar-refractivity contribution is 0.0996. The van der Waals surface area contributed by atoms with Crippen molar-refractivity contribution in [2.75, 3.05) is 18.4 Å². The third kappa shape index (κ3) is 7.54. The van der Waals surface area contributed by atoms with Gasteiger partial charge in [-0.1, -0.05) is 18.2 Å². The Bertz CT molecular complexity index is 895. The van der Waals surface area contributed by atoms with E-state index < -0.39 is 0 Å². The van der Waals surface area contributed by atoms with Gasteiger partial charge in [-0.2, -0.15) is 0 Å². The number of halogens is 1. The molecule has 0 unspecified atom stereocenters. The standard InChI is InChI=1S/C21H24N4O2S.HI/c1-2-22-21(23-11-10-18-8-5-13-28-18)24-15-16-6-3-7-17(14-16)25-20(26)19-9-4-12-27-19;/h3-9,12-14H,2,10-11,15H2,1H3,(H,25,26)(H2,22,23,24);1H. The molecule has 3 N–H and O–H groups in total. The van der Waals surface area contributed by atoms with Crippen molar-refractivity contribution in [1.82, 2.24) is 10.6 Å². The second-order valence-electron chi connectivity index (χ2n) is 6.08. The molecule has 3 aromatic rings. The van der Waals surface area contributed by atoms with E-state index in [9.17, 15) is 4.79 Å². The second-order valence-corrected chi connectivity index (χ2v) is 7.12. The number of nitrogens with zero attached hydrogens (tertiary/aromatic N) is 1. The van der Waals surface area contributed by atoms with Crippen molar-refractivity contribution in [3.63, 3.8) is 0 Å². The third-order valence-electron chi connectivity index (χ3n) is 3.94. The van der Waals surface area contributed by atoms with Crippen LogP contribution in [0.5, 0.6) is 0 Å². The Balaban J connectivity index is 0.00000300. The fourth-order valence-corrected chi connectivity index (χ4v) is 3.33. The monoisotopic (exact) mass is 524 g/mol. The molecule has 3 rings (SSSR count). The van der Waals surface area contributed by atoms with Gasteiger partial charge in [0.25, 0.3) is 5.91 Å². The van der Waals surface area contributed by atoms with Crippen LogP contribution < -0.4 is 16.0 Å². The molecule has 0 spiro atoms. The zero-order valence-electron chi connectivity index (χ0n) is 16.2. The SMILES string of the molecule is CCNC(=NCc1cccc(NC(=O)c2ccco2)c1)NCCc1cccs1.I. The van der Waals surface area contributed by atoms with Gasteiger partial charge in [-0.15, -0.1) is 35.3 Å². The maximum Gasteiger partial charge on any atom is 0.291 e. The van der Waals surface area contributed by atoms with Crippen molar-refractivity contribution in [2.45, 2.75) is 19.9 Å². The van der Waals surface area contributed by atoms with E-state index in [0.717, 1.165) is 31.0 Å². The Labute approximate surface area is 191 Å². The van der Waals surface area contributed by atoms with Gasteiger partial charge in [0.2, 0.25) is 0 Å². The molecule has 0 saturated carbocycles. The Morgan fingerprint density at radius 3 is 2.76 bits per heavy atom. The van der Waals surface area contributed by atoms with Crippen LogP contribution in [0.1, 0.15) is 27.9 Å².